The van der Waals surface area contributed by atoms with Crippen LogP contribution in [0.5, 0.6) is 0 Å². The monoisotopic (exact) mass is 301 g/mol. The molecule has 21 heavy (non-hydrogen) atoms. The van der Waals surface area contributed by atoms with Crippen LogP contribution in [0.2, 0.25) is 0 Å². The number of aromatic nitrogens is 2. The molecule has 1 atom stereocenters. The molecule has 118 valence electrons. The van der Waals surface area contributed by atoms with E-state index in [1.807, 2.05) is 11.6 Å². The van der Waals surface area contributed by atoms with Gasteiger partial charge < -0.3 is 14.6 Å². The van der Waals surface area contributed by atoms with Crippen LogP contribution >= 0.6 is 0 Å². The maximum atomic E-state index is 13.0. The van der Waals surface area contributed by atoms with E-state index in [9.17, 15) is 13.6 Å². The van der Waals surface area contributed by atoms with E-state index in [1.54, 1.807) is 12.4 Å². The van der Waals surface area contributed by atoms with Crippen molar-refractivity contribution < 1.29 is 18.3 Å². The number of aryl methyl sites for hydroxylation is 1. The topological polar surface area (TPSA) is 56.2 Å². The third kappa shape index (κ3) is 4.49. The quantitative estimate of drug-likeness (QED) is 0.905. The Morgan fingerprint density at radius 2 is 2.24 bits per heavy atom. The predicted molar refractivity (Wildman–Crippen MR) is 72.9 cm³/mol. The van der Waals surface area contributed by atoms with Crippen LogP contribution in [0, 0.1) is 5.92 Å². The fourth-order valence-electron chi connectivity index (χ4n) is 2.63. The molecule has 0 aromatic carbocycles. The first-order chi connectivity index (χ1) is 9.87. The minimum absolute atomic E-state index is 0.147. The molecule has 0 bridgehead atoms. The largest absolute Gasteiger partial charge is 0.381 e. The van der Waals surface area contributed by atoms with E-state index in [0.29, 0.717) is 19.0 Å². The molecule has 5 nitrogen and oxygen atoms in total. The van der Waals surface area contributed by atoms with E-state index in [0.717, 1.165) is 19.8 Å². The molecule has 1 aliphatic heterocycles. The summed E-state index contributed by atoms with van der Waals surface area (Å²) in [5.41, 5.74) is 0. The standard InChI is InChI=1S/C14H21F2N3O2/c1-14(15,16)9-11(20)18-12(10-3-7-21-8-4-10)13-17-5-6-19(13)2/h5-6,10,12H,3-4,7-9H2,1-2H3,(H,18,20). The van der Waals surface area contributed by atoms with Crippen LogP contribution in [-0.2, 0) is 16.6 Å². The normalized spacial score (nSPS) is 18.5. The molecular formula is C14H21F2N3O2. The number of rotatable bonds is 5. The summed E-state index contributed by atoms with van der Waals surface area (Å²) in [5, 5.41) is 2.73. The van der Waals surface area contributed by atoms with Crippen LogP contribution in [0.15, 0.2) is 12.4 Å². The highest BCUT2D eigenvalue weighted by molar-refractivity contribution is 5.77. The molecule has 1 N–H and O–H groups in total. The Hall–Kier alpha value is -1.50. The first kappa shape index (κ1) is 15.9. The van der Waals surface area contributed by atoms with Crippen LogP contribution in [0.25, 0.3) is 0 Å². The smallest absolute Gasteiger partial charge is 0.254 e. The lowest BCUT2D eigenvalue weighted by molar-refractivity contribution is -0.128. The van der Waals surface area contributed by atoms with E-state index in [1.165, 1.54) is 0 Å². The number of nitrogens with zero attached hydrogens (tertiary/aromatic N) is 2. The molecule has 0 saturated carbocycles. The molecular weight excluding hydrogens is 280 g/mol. The van der Waals surface area contributed by atoms with Gasteiger partial charge in [-0.2, -0.15) is 0 Å². The first-order valence-electron chi connectivity index (χ1n) is 7.09. The number of carbonyl (C=O) groups is 1. The number of alkyl halides is 2. The van der Waals surface area contributed by atoms with Crippen molar-refractivity contribution >= 4 is 5.91 Å². The lowest BCUT2D eigenvalue weighted by Crippen LogP contribution is -2.39. The second kappa shape index (κ2) is 6.51. The van der Waals surface area contributed by atoms with Crippen molar-refractivity contribution in [1.82, 2.24) is 14.9 Å². The van der Waals surface area contributed by atoms with E-state index >= 15 is 0 Å². The summed E-state index contributed by atoms with van der Waals surface area (Å²) in [4.78, 5) is 16.1. The number of imidazole rings is 1. The van der Waals surface area contributed by atoms with Crippen molar-refractivity contribution in [3.8, 4) is 0 Å². The fourth-order valence-corrected chi connectivity index (χ4v) is 2.63. The maximum absolute atomic E-state index is 13.0. The van der Waals surface area contributed by atoms with E-state index < -0.39 is 18.3 Å². The highest BCUT2D eigenvalue weighted by atomic mass is 19.3. The second-order valence-electron chi connectivity index (χ2n) is 5.64. The Kier molecular flexibility index (Phi) is 4.92. The van der Waals surface area contributed by atoms with E-state index in [2.05, 4.69) is 10.3 Å². The zero-order valence-corrected chi connectivity index (χ0v) is 12.3. The molecule has 1 aromatic rings. The van der Waals surface area contributed by atoms with Crippen molar-refractivity contribution in [2.75, 3.05) is 13.2 Å². The Morgan fingerprint density at radius 3 is 2.76 bits per heavy atom. The Balaban J connectivity index is 2.12. The van der Waals surface area contributed by atoms with Crippen LogP contribution in [0.1, 0.15) is 38.1 Å². The minimum Gasteiger partial charge on any atom is -0.381 e. The lowest BCUT2D eigenvalue weighted by atomic mass is 9.91. The van der Waals surface area contributed by atoms with Gasteiger partial charge in [-0.3, -0.25) is 4.79 Å². The van der Waals surface area contributed by atoms with Gasteiger partial charge in [0.2, 0.25) is 5.91 Å². The molecule has 7 heteroatoms. The molecule has 1 saturated heterocycles. The second-order valence-corrected chi connectivity index (χ2v) is 5.64. The highest BCUT2D eigenvalue weighted by Crippen LogP contribution is 2.29. The van der Waals surface area contributed by atoms with Crippen molar-refractivity contribution in [2.45, 2.75) is 38.2 Å². The average Bonchev–Trinajstić information content (AvgIpc) is 2.81. The number of ether oxygens (including phenoxy) is 1. The number of hydrogen-bond donors (Lipinski definition) is 1. The molecule has 1 fully saturated rings. The van der Waals surface area contributed by atoms with Gasteiger partial charge in [-0.05, 0) is 25.7 Å². The molecule has 2 rings (SSSR count). The van der Waals surface area contributed by atoms with Crippen LogP contribution in [0.4, 0.5) is 8.78 Å². The van der Waals surface area contributed by atoms with Gasteiger partial charge in [0.25, 0.3) is 5.92 Å². The van der Waals surface area contributed by atoms with Gasteiger partial charge in [0.1, 0.15) is 5.82 Å². The summed E-state index contributed by atoms with van der Waals surface area (Å²) in [6, 6.07) is -0.358. The number of amides is 1. The van der Waals surface area contributed by atoms with Crippen molar-refractivity contribution in [3.05, 3.63) is 18.2 Å². The molecule has 0 aliphatic carbocycles. The minimum atomic E-state index is -3.01. The van der Waals surface area contributed by atoms with Gasteiger partial charge in [0.05, 0.1) is 12.5 Å². The van der Waals surface area contributed by atoms with Crippen molar-refractivity contribution in [1.29, 1.82) is 0 Å². The Labute approximate surface area is 122 Å². The number of nitrogens with one attached hydrogen (secondary N) is 1. The maximum Gasteiger partial charge on any atom is 0.254 e. The van der Waals surface area contributed by atoms with Gasteiger partial charge in [-0.15, -0.1) is 0 Å². The van der Waals surface area contributed by atoms with Gasteiger partial charge in [0.15, 0.2) is 0 Å². The van der Waals surface area contributed by atoms with Gasteiger partial charge in [-0.25, -0.2) is 13.8 Å². The van der Waals surface area contributed by atoms with Crippen molar-refractivity contribution in [3.63, 3.8) is 0 Å². The third-order valence-corrected chi connectivity index (χ3v) is 3.66. The van der Waals surface area contributed by atoms with Crippen LogP contribution in [-0.4, -0.2) is 34.6 Å². The zero-order chi connectivity index (χ0) is 15.5. The molecule has 0 radical (unpaired) electrons. The fraction of sp³-hybridized carbons (Fsp3) is 0.714. The average molecular weight is 301 g/mol. The number of hydrogen-bond acceptors (Lipinski definition) is 3. The summed E-state index contributed by atoms with van der Waals surface area (Å²) >= 11 is 0. The molecule has 1 aliphatic rings. The lowest BCUT2D eigenvalue weighted by Gasteiger charge is -2.30. The Bertz CT molecular complexity index is 479. The summed E-state index contributed by atoms with van der Waals surface area (Å²) in [6.45, 7) is 1.98. The molecule has 0 spiro atoms. The van der Waals surface area contributed by atoms with E-state index in [-0.39, 0.29) is 12.0 Å². The molecule has 1 unspecified atom stereocenters. The number of carbonyl (C=O) groups excluding carboxylic acids is 1. The summed E-state index contributed by atoms with van der Waals surface area (Å²) in [5.74, 6) is -2.82. The van der Waals surface area contributed by atoms with Gasteiger partial charge in [0, 0.05) is 32.7 Å². The summed E-state index contributed by atoms with van der Waals surface area (Å²) in [7, 11) is 1.83. The predicted octanol–water partition coefficient (Wildman–Crippen LogP) is 2.05. The molecule has 1 amide bonds. The summed E-state index contributed by atoms with van der Waals surface area (Å²) < 4.78 is 33.1. The molecule has 2 heterocycles. The first-order valence-corrected chi connectivity index (χ1v) is 7.09. The Morgan fingerprint density at radius 1 is 1.57 bits per heavy atom. The van der Waals surface area contributed by atoms with Gasteiger partial charge in [-0.1, -0.05) is 0 Å². The van der Waals surface area contributed by atoms with Gasteiger partial charge >= 0.3 is 0 Å². The van der Waals surface area contributed by atoms with Crippen LogP contribution in [0.3, 0.4) is 0 Å². The highest BCUT2D eigenvalue weighted by Gasteiger charge is 2.32. The SMILES string of the molecule is Cn1ccnc1C(NC(=O)CC(C)(F)F)C1CCOCC1. The summed E-state index contributed by atoms with van der Waals surface area (Å²) in [6.07, 6.45) is 4.17. The van der Waals surface area contributed by atoms with Crippen molar-refractivity contribution in [2.24, 2.45) is 13.0 Å². The van der Waals surface area contributed by atoms with E-state index in [4.69, 9.17) is 4.74 Å². The zero-order valence-electron chi connectivity index (χ0n) is 12.3. The molecule has 1 aromatic heterocycles. The van der Waals surface area contributed by atoms with Crippen LogP contribution < -0.4 is 5.32 Å². The number of halogens is 2. The third-order valence-electron chi connectivity index (χ3n) is 3.66.